The summed E-state index contributed by atoms with van der Waals surface area (Å²) in [6.07, 6.45) is 1.60. The topological polar surface area (TPSA) is 48.5 Å². The van der Waals surface area contributed by atoms with Gasteiger partial charge < -0.3 is 10.2 Å². The standard InChI is InChI=1S/C20H25FN4O/c1-15(2)14-24-10-12-25(13-11-24)20(26)16-6-5-9-22-19(16)23-18-8-4-3-7-17(18)21/h3-9,15H,10-14H2,1-2H3,(H,22,23). The van der Waals surface area contributed by atoms with Crippen LogP contribution in [0.15, 0.2) is 42.6 Å². The number of hydrogen-bond donors (Lipinski definition) is 1. The third-order valence-electron chi connectivity index (χ3n) is 4.45. The molecule has 1 aromatic carbocycles. The molecule has 0 aliphatic carbocycles. The van der Waals surface area contributed by atoms with Gasteiger partial charge in [0.15, 0.2) is 0 Å². The predicted molar refractivity (Wildman–Crippen MR) is 101 cm³/mol. The number of amides is 1. The second-order valence-electron chi connectivity index (χ2n) is 6.99. The van der Waals surface area contributed by atoms with Gasteiger partial charge in [0.25, 0.3) is 5.91 Å². The number of hydrogen-bond acceptors (Lipinski definition) is 4. The molecule has 1 aliphatic heterocycles. The normalized spacial score (nSPS) is 15.3. The van der Waals surface area contributed by atoms with E-state index in [0.717, 1.165) is 19.6 Å². The molecule has 0 bridgehead atoms. The number of nitrogens with one attached hydrogen (secondary N) is 1. The van der Waals surface area contributed by atoms with E-state index in [4.69, 9.17) is 0 Å². The first kappa shape index (κ1) is 18.3. The van der Waals surface area contributed by atoms with Crippen molar-refractivity contribution in [1.82, 2.24) is 14.8 Å². The van der Waals surface area contributed by atoms with Crippen LogP contribution in [0, 0.1) is 11.7 Å². The largest absolute Gasteiger partial charge is 0.337 e. The Balaban J connectivity index is 1.72. The maximum Gasteiger partial charge on any atom is 0.257 e. The van der Waals surface area contributed by atoms with Crippen LogP contribution < -0.4 is 5.32 Å². The first-order chi connectivity index (χ1) is 12.5. The number of anilines is 2. The Hall–Kier alpha value is -2.47. The van der Waals surface area contributed by atoms with Crippen molar-refractivity contribution in [2.24, 2.45) is 5.92 Å². The third-order valence-corrected chi connectivity index (χ3v) is 4.45. The molecule has 0 unspecified atom stereocenters. The lowest BCUT2D eigenvalue weighted by Crippen LogP contribution is -2.49. The molecule has 0 saturated carbocycles. The van der Waals surface area contributed by atoms with Gasteiger partial charge in [0.2, 0.25) is 0 Å². The quantitative estimate of drug-likeness (QED) is 0.892. The number of carbonyl (C=O) groups excluding carboxylic acids is 1. The molecule has 5 nitrogen and oxygen atoms in total. The summed E-state index contributed by atoms with van der Waals surface area (Å²) in [6.45, 7) is 8.59. The van der Waals surface area contributed by atoms with Crippen LogP contribution in [0.25, 0.3) is 0 Å². The summed E-state index contributed by atoms with van der Waals surface area (Å²) in [5, 5.41) is 2.95. The number of carbonyl (C=O) groups is 1. The fourth-order valence-corrected chi connectivity index (χ4v) is 3.19. The first-order valence-corrected chi connectivity index (χ1v) is 9.03. The highest BCUT2D eigenvalue weighted by molar-refractivity contribution is 5.99. The van der Waals surface area contributed by atoms with Crippen LogP contribution in [0.5, 0.6) is 0 Å². The molecule has 2 heterocycles. The smallest absolute Gasteiger partial charge is 0.257 e. The molecule has 1 N–H and O–H groups in total. The molecule has 1 fully saturated rings. The second kappa shape index (κ2) is 8.27. The van der Waals surface area contributed by atoms with Gasteiger partial charge in [0.05, 0.1) is 11.3 Å². The molecule has 1 aliphatic rings. The highest BCUT2D eigenvalue weighted by Crippen LogP contribution is 2.22. The number of rotatable bonds is 5. The van der Waals surface area contributed by atoms with E-state index in [1.54, 1.807) is 36.5 Å². The lowest BCUT2D eigenvalue weighted by molar-refractivity contribution is 0.0624. The molecular weight excluding hydrogens is 331 g/mol. The Bertz CT molecular complexity index is 757. The average Bonchev–Trinajstić information content (AvgIpc) is 2.64. The first-order valence-electron chi connectivity index (χ1n) is 9.03. The van der Waals surface area contributed by atoms with Gasteiger partial charge in [0, 0.05) is 38.9 Å². The van der Waals surface area contributed by atoms with Crippen molar-refractivity contribution in [2.75, 3.05) is 38.0 Å². The highest BCUT2D eigenvalue weighted by atomic mass is 19.1. The van der Waals surface area contributed by atoms with Gasteiger partial charge in [-0.05, 0) is 30.2 Å². The summed E-state index contributed by atoms with van der Waals surface area (Å²) >= 11 is 0. The van der Waals surface area contributed by atoms with Crippen LogP contribution in [-0.4, -0.2) is 53.4 Å². The van der Waals surface area contributed by atoms with Crippen molar-refractivity contribution in [3.8, 4) is 0 Å². The van der Waals surface area contributed by atoms with Crippen molar-refractivity contribution in [1.29, 1.82) is 0 Å². The van der Waals surface area contributed by atoms with Gasteiger partial charge in [-0.2, -0.15) is 0 Å². The van der Waals surface area contributed by atoms with Gasteiger partial charge in [-0.15, -0.1) is 0 Å². The zero-order valence-electron chi connectivity index (χ0n) is 15.3. The van der Waals surface area contributed by atoms with Crippen LogP contribution in [0.4, 0.5) is 15.9 Å². The van der Waals surface area contributed by atoms with Crippen molar-refractivity contribution in [3.63, 3.8) is 0 Å². The third kappa shape index (κ3) is 4.38. The fraction of sp³-hybridized carbons (Fsp3) is 0.400. The Morgan fingerprint density at radius 2 is 1.88 bits per heavy atom. The Morgan fingerprint density at radius 1 is 1.15 bits per heavy atom. The molecule has 138 valence electrons. The molecule has 1 aromatic heterocycles. The Morgan fingerprint density at radius 3 is 2.58 bits per heavy atom. The fourth-order valence-electron chi connectivity index (χ4n) is 3.19. The SMILES string of the molecule is CC(C)CN1CCN(C(=O)c2cccnc2Nc2ccccc2F)CC1. The molecule has 0 spiro atoms. The van der Waals surface area contributed by atoms with Crippen LogP contribution in [0.3, 0.4) is 0 Å². The number of halogens is 1. The summed E-state index contributed by atoms with van der Waals surface area (Å²) in [5.74, 6) is 0.555. The molecule has 6 heteroatoms. The van der Waals surface area contributed by atoms with Crippen LogP contribution >= 0.6 is 0 Å². The highest BCUT2D eigenvalue weighted by Gasteiger charge is 2.24. The van der Waals surface area contributed by atoms with E-state index in [9.17, 15) is 9.18 Å². The van der Waals surface area contributed by atoms with Crippen LogP contribution in [-0.2, 0) is 0 Å². The number of aromatic nitrogens is 1. The van der Waals surface area contributed by atoms with E-state index in [1.165, 1.54) is 6.07 Å². The predicted octanol–water partition coefficient (Wildman–Crippen LogP) is 3.38. The number of nitrogens with zero attached hydrogens (tertiary/aromatic N) is 3. The summed E-state index contributed by atoms with van der Waals surface area (Å²) in [5.41, 5.74) is 0.773. The van der Waals surface area contributed by atoms with E-state index >= 15 is 0 Å². The maximum absolute atomic E-state index is 13.9. The zero-order chi connectivity index (χ0) is 18.5. The minimum absolute atomic E-state index is 0.0684. The average molecular weight is 356 g/mol. The molecule has 1 saturated heterocycles. The van der Waals surface area contributed by atoms with Gasteiger partial charge in [-0.3, -0.25) is 9.69 Å². The van der Waals surface area contributed by atoms with Crippen LogP contribution in [0.1, 0.15) is 24.2 Å². The molecule has 1 amide bonds. The second-order valence-corrected chi connectivity index (χ2v) is 6.99. The van der Waals surface area contributed by atoms with Crippen LogP contribution in [0.2, 0.25) is 0 Å². The summed E-state index contributed by atoms with van der Waals surface area (Å²) in [4.78, 5) is 21.4. The number of para-hydroxylation sites is 1. The molecule has 0 atom stereocenters. The molecular formula is C20H25FN4O. The number of pyridine rings is 1. The minimum Gasteiger partial charge on any atom is -0.337 e. The van der Waals surface area contributed by atoms with E-state index in [-0.39, 0.29) is 11.7 Å². The van der Waals surface area contributed by atoms with Crippen molar-refractivity contribution < 1.29 is 9.18 Å². The number of benzene rings is 1. The lowest BCUT2D eigenvalue weighted by atomic mass is 10.1. The van der Waals surface area contributed by atoms with E-state index < -0.39 is 0 Å². The van der Waals surface area contributed by atoms with Crippen molar-refractivity contribution in [2.45, 2.75) is 13.8 Å². The zero-order valence-corrected chi connectivity index (χ0v) is 15.3. The Labute approximate surface area is 153 Å². The minimum atomic E-state index is -0.376. The summed E-state index contributed by atoms with van der Waals surface area (Å²) in [6, 6.07) is 9.84. The maximum atomic E-state index is 13.9. The Kier molecular flexibility index (Phi) is 5.83. The van der Waals surface area contributed by atoms with Gasteiger partial charge in [-0.1, -0.05) is 26.0 Å². The van der Waals surface area contributed by atoms with Gasteiger partial charge in [0.1, 0.15) is 11.6 Å². The lowest BCUT2D eigenvalue weighted by Gasteiger charge is -2.35. The van der Waals surface area contributed by atoms with Gasteiger partial charge in [-0.25, -0.2) is 9.37 Å². The van der Waals surface area contributed by atoms with Crippen molar-refractivity contribution in [3.05, 3.63) is 54.0 Å². The molecule has 0 radical (unpaired) electrons. The monoisotopic (exact) mass is 356 g/mol. The van der Waals surface area contributed by atoms with Crippen molar-refractivity contribution >= 4 is 17.4 Å². The van der Waals surface area contributed by atoms with Gasteiger partial charge >= 0.3 is 0 Å². The molecule has 26 heavy (non-hydrogen) atoms. The molecule has 3 rings (SSSR count). The van der Waals surface area contributed by atoms with E-state index in [0.29, 0.717) is 36.1 Å². The molecule has 2 aromatic rings. The van der Waals surface area contributed by atoms with E-state index in [2.05, 4.69) is 29.0 Å². The van der Waals surface area contributed by atoms with E-state index in [1.807, 2.05) is 4.90 Å². The summed E-state index contributed by atoms with van der Waals surface area (Å²) < 4.78 is 13.9. The summed E-state index contributed by atoms with van der Waals surface area (Å²) in [7, 11) is 0. The number of piperazine rings is 1.